The van der Waals surface area contributed by atoms with Gasteiger partial charge >= 0.3 is 5.97 Å². The second-order valence-electron chi connectivity index (χ2n) is 7.45. The van der Waals surface area contributed by atoms with E-state index in [-0.39, 0.29) is 6.42 Å². The van der Waals surface area contributed by atoms with E-state index < -0.39 is 5.97 Å². The van der Waals surface area contributed by atoms with Crippen molar-refractivity contribution in [3.63, 3.8) is 0 Å². The van der Waals surface area contributed by atoms with Gasteiger partial charge in [-0.15, -0.1) is 0 Å². The molecule has 0 radical (unpaired) electrons. The van der Waals surface area contributed by atoms with Gasteiger partial charge in [0.25, 0.3) is 0 Å². The second-order valence-corrected chi connectivity index (χ2v) is 7.45. The molecule has 27 heavy (non-hydrogen) atoms. The summed E-state index contributed by atoms with van der Waals surface area (Å²) in [5.41, 5.74) is 7.40. The molecule has 0 bridgehead atoms. The van der Waals surface area contributed by atoms with Gasteiger partial charge in [-0.05, 0) is 60.7 Å². The summed E-state index contributed by atoms with van der Waals surface area (Å²) >= 11 is 0. The van der Waals surface area contributed by atoms with Crippen molar-refractivity contribution in [2.45, 2.75) is 32.3 Å². The monoisotopic (exact) mass is 363 g/mol. The zero-order valence-corrected chi connectivity index (χ0v) is 15.7. The van der Waals surface area contributed by atoms with Crippen LogP contribution in [-0.2, 0) is 17.8 Å². The Morgan fingerprint density at radius 2 is 1.89 bits per heavy atom. The molecule has 0 unspecified atom stereocenters. The standard InChI is InChI=1S/C23H25NO3/c1-24-12-10-17(11-13-24)23-19-5-3-2-4-18(19)15-27-21-8-6-16(14-20(21)23)7-9-22(25)26/h2-6,8,14H,7,9-13,15H2,1H3,(H,25,26). The SMILES string of the molecule is CN1CCC(=C2c3ccccc3COc3ccc(CCC(=O)O)cc32)CC1. The van der Waals surface area contributed by atoms with Gasteiger partial charge in [0.15, 0.2) is 0 Å². The van der Waals surface area contributed by atoms with Crippen LogP contribution in [0.25, 0.3) is 5.57 Å². The van der Waals surface area contributed by atoms with Crippen LogP contribution in [0.5, 0.6) is 5.75 Å². The van der Waals surface area contributed by atoms with E-state index in [9.17, 15) is 4.79 Å². The molecule has 1 saturated heterocycles. The average Bonchev–Trinajstić information content (AvgIpc) is 2.84. The summed E-state index contributed by atoms with van der Waals surface area (Å²) in [7, 11) is 2.17. The van der Waals surface area contributed by atoms with Crippen LogP contribution in [0, 0.1) is 0 Å². The number of aryl methyl sites for hydroxylation is 1. The summed E-state index contributed by atoms with van der Waals surface area (Å²) in [6, 6.07) is 14.6. The Kier molecular flexibility index (Phi) is 4.99. The van der Waals surface area contributed by atoms with Gasteiger partial charge in [0.05, 0.1) is 0 Å². The van der Waals surface area contributed by atoms with Crippen LogP contribution in [0.3, 0.4) is 0 Å². The Balaban J connectivity index is 1.84. The first-order valence-corrected chi connectivity index (χ1v) is 9.58. The normalized spacial score (nSPS) is 16.9. The third-order valence-corrected chi connectivity index (χ3v) is 5.55. The molecule has 0 aliphatic carbocycles. The number of piperidine rings is 1. The summed E-state index contributed by atoms with van der Waals surface area (Å²) in [5, 5.41) is 9.03. The molecular weight excluding hydrogens is 338 g/mol. The summed E-state index contributed by atoms with van der Waals surface area (Å²) in [6.45, 7) is 2.69. The van der Waals surface area contributed by atoms with Crippen LogP contribution in [0.2, 0.25) is 0 Å². The number of rotatable bonds is 3. The number of hydrogen-bond donors (Lipinski definition) is 1. The van der Waals surface area contributed by atoms with Crippen molar-refractivity contribution in [1.82, 2.24) is 4.90 Å². The summed E-state index contributed by atoms with van der Waals surface area (Å²) in [4.78, 5) is 13.4. The van der Waals surface area contributed by atoms with Crippen molar-refractivity contribution < 1.29 is 14.6 Å². The molecule has 2 aromatic rings. The van der Waals surface area contributed by atoms with Gasteiger partial charge < -0.3 is 14.7 Å². The molecule has 0 saturated carbocycles. The Labute approximate surface area is 160 Å². The highest BCUT2D eigenvalue weighted by atomic mass is 16.5. The fourth-order valence-corrected chi connectivity index (χ4v) is 4.02. The molecule has 0 amide bonds. The average molecular weight is 363 g/mol. The Morgan fingerprint density at radius 1 is 1.11 bits per heavy atom. The van der Waals surface area contributed by atoms with Crippen LogP contribution in [0.4, 0.5) is 0 Å². The summed E-state index contributed by atoms with van der Waals surface area (Å²) in [6.07, 6.45) is 2.79. The molecule has 2 aromatic carbocycles. The maximum absolute atomic E-state index is 11.0. The highest BCUT2D eigenvalue weighted by Gasteiger charge is 2.24. The fourth-order valence-electron chi connectivity index (χ4n) is 4.02. The van der Waals surface area contributed by atoms with Gasteiger partial charge in [0.2, 0.25) is 0 Å². The fraction of sp³-hybridized carbons (Fsp3) is 0.348. The summed E-state index contributed by atoms with van der Waals surface area (Å²) in [5.74, 6) is 0.132. The molecule has 1 N–H and O–H groups in total. The van der Waals surface area contributed by atoms with Gasteiger partial charge in [-0.3, -0.25) is 4.79 Å². The first-order valence-electron chi connectivity index (χ1n) is 9.58. The highest BCUT2D eigenvalue weighted by molar-refractivity contribution is 5.87. The largest absolute Gasteiger partial charge is 0.488 e. The molecule has 0 aromatic heterocycles. The van der Waals surface area contributed by atoms with E-state index in [1.165, 1.54) is 22.3 Å². The molecule has 1 fully saturated rings. The molecule has 2 aliphatic heterocycles. The maximum Gasteiger partial charge on any atom is 0.303 e. The van der Waals surface area contributed by atoms with E-state index in [4.69, 9.17) is 9.84 Å². The number of carbonyl (C=O) groups is 1. The minimum absolute atomic E-state index is 0.146. The van der Waals surface area contributed by atoms with E-state index in [0.717, 1.165) is 42.8 Å². The highest BCUT2D eigenvalue weighted by Crippen LogP contribution is 2.41. The van der Waals surface area contributed by atoms with Crippen LogP contribution >= 0.6 is 0 Å². The number of hydrogen-bond acceptors (Lipinski definition) is 3. The van der Waals surface area contributed by atoms with Crippen LogP contribution < -0.4 is 4.74 Å². The minimum Gasteiger partial charge on any atom is -0.488 e. The van der Waals surface area contributed by atoms with E-state index >= 15 is 0 Å². The number of fused-ring (bicyclic) bond motifs is 2. The molecule has 140 valence electrons. The third kappa shape index (κ3) is 3.76. The molecule has 2 aliphatic rings. The van der Waals surface area contributed by atoms with Gasteiger partial charge in [-0.1, -0.05) is 35.9 Å². The number of aliphatic carboxylic acids is 1. The van der Waals surface area contributed by atoms with Crippen molar-refractivity contribution >= 4 is 11.5 Å². The predicted molar refractivity (Wildman–Crippen MR) is 106 cm³/mol. The van der Waals surface area contributed by atoms with E-state index in [1.807, 2.05) is 12.1 Å². The van der Waals surface area contributed by atoms with Crippen LogP contribution in [0.1, 0.15) is 41.5 Å². The number of likely N-dealkylation sites (tertiary alicyclic amines) is 1. The first kappa shape index (κ1) is 17.8. The molecular formula is C23H25NO3. The van der Waals surface area contributed by atoms with Gasteiger partial charge in [-0.25, -0.2) is 0 Å². The lowest BCUT2D eigenvalue weighted by Crippen LogP contribution is -2.27. The first-order chi connectivity index (χ1) is 13.1. The lowest BCUT2D eigenvalue weighted by atomic mass is 9.86. The second kappa shape index (κ2) is 7.57. The number of carboxylic acids is 1. The molecule has 4 heteroatoms. The predicted octanol–water partition coefficient (Wildman–Crippen LogP) is 4.12. The van der Waals surface area contributed by atoms with Crippen molar-refractivity contribution in [2.24, 2.45) is 0 Å². The number of ether oxygens (including phenoxy) is 1. The lowest BCUT2D eigenvalue weighted by Gasteiger charge is -2.27. The topological polar surface area (TPSA) is 49.8 Å². The lowest BCUT2D eigenvalue weighted by molar-refractivity contribution is -0.136. The Hall–Kier alpha value is -2.59. The van der Waals surface area contributed by atoms with Crippen molar-refractivity contribution in [1.29, 1.82) is 0 Å². The van der Waals surface area contributed by atoms with Crippen LogP contribution in [-0.4, -0.2) is 36.1 Å². The summed E-state index contributed by atoms with van der Waals surface area (Å²) < 4.78 is 6.14. The molecule has 4 nitrogen and oxygen atoms in total. The number of nitrogens with zero attached hydrogens (tertiary/aromatic N) is 1. The molecule has 0 atom stereocenters. The molecule has 0 spiro atoms. The zero-order chi connectivity index (χ0) is 18.8. The van der Waals surface area contributed by atoms with E-state index in [1.54, 1.807) is 0 Å². The van der Waals surface area contributed by atoms with Crippen LogP contribution in [0.15, 0.2) is 48.0 Å². The van der Waals surface area contributed by atoms with Crippen molar-refractivity contribution in [3.8, 4) is 5.75 Å². The quantitative estimate of drug-likeness (QED) is 0.891. The maximum atomic E-state index is 11.0. The van der Waals surface area contributed by atoms with Gasteiger partial charge in [-0.2, -0.15) is 0 Å². The third-order valence-electron chi connectivity index (χ3n) is 5.55. The van der Waals surface area contributed by atoms with Crippen molar-refractivity contribution in [2.75, 3.05) is 20.1 Å². The van der Waals surface area contributed by atoms with Crippen molar-refractivity contribution in [3.05, 3.63) is 70.3 Å². The number of carboxylic acid groups (broad SMARTS) is 1. The van der Waals surface area contributed by atoms with E-state index in [0.29, 0.717) is 13.0 Å². The van der Waals surface area contributed by atoms with Gasteiger partial charge in [0, 0.05) is 25.1 Å². The minimum atomic E-state index is -0.763. The Morgan fingerprint density at radius 3 is 2.67 bits per heavy atom. The van der Waals surface area contributed by atoms with Gasteiger partial charge in [0.1, 0.15) is 12.4 Å². The Bertz CT molecular complexity index is 890. The molecule has 4 rings (SSSR count). The molecule has 2 heterocycles. The van der Waals surface area contributed by atoms with E-state index in [2.05, 4.69) is 42.3 Å². The zero-order valence-electron chi connectivity index (χ0n) is 15.7. The smallest absolute Gasteiger partial charge is 0.303 e. The number of benzene rings is 2.